The highest BCUT2D eigenvalue weighted by Crippen LogP contribution is 2.29. The van der Waals surface area contributed by atoms with E-state index < -0.39 is 11.7 Å². The van der Waals surface area contributed by atoms with Crippen LogP contribution in [0.1, 0.15) is 35.9 Å². The smallest absolute Gasteiger partial charge is 0.254 e. The van der Waals surface area contributed by atoms with Gasteiger partial charge in [-0.05, 0) is 30.7 Å². The number of thioether (sulfide) groups is 1. The number of nitrogens with one attached hydrogen (secondary N) is 1. The Morgan fingerprint density at radius 3 is 2.69 bits per heavy atom. The maximum atomic E-state index is 13.9. The standard InChI is InChI=1S/C21H23FN4O2S/c1-3-4-13-29-21-25-24-19(26(21)17-11-7-8-12-18(17)28-2)14-23-20(27)15-9-5-6-10-16(15)22/h5-12H,3-4,13-14H2,1-2H3,(H,23,27). The number of halogens is 1. The van der Waals surface area contributed by atoms with Crippen LogP contribution in [0.4, 0.5) is 4.39 Å². The molecule has 1 amide bonds. The third kappa shape index (κ3) is 4.95. The summed E-state index contributed by atoms with van der Waals surface area (Å²) in [6.07, 6.45) is 2.14. The highest BCUT2D eigenvalue weighted by molar-refractivity contribution is 7.99. The van der Waals surface area contributed by atoms with Gasteiger partial charge in [0.1, 0.15) is 11.6 Å². The van der Waals surface area contributed by atoms with E-state index in [1.165, 1.54) is 12.1 Å². The molecule has 0 radical (unpaired) electrons. The summed E-state index contributed by atoms with van der Waals surface area (Å²) in [6.45, 7) is 2.24. The van der Waals surface area contributed by atoms with Crippen molar-refractivity contribution in [3.63, 3.8) is 0 Å². The molecule has 3 rings (SSSR count). The van der Waals surface area contributed by atoms with Crippen LogP contribution >= 0.6 is 11.8 Å². The Morgan fingerprint density at radius 2 is 1.93 bits per heavy atom. The largest absolute Gasteiger partial charge is 0.495 e. The van der Waals surface area contributed by atoms with Crippen LogP contribution in [0.25, 0.3) is 5.69 Å². The highest BCUT2D eigenvalue weighted by Gasteiger charge is 2.19. The number of ether oxygens (including phenoxy) is 1. The molecule has 0 unspecified atom stereocenters. The average molecular weight is 415 g/mol. The Morgan fingerprint density at radius 1 is 1.17 bits per heavy atom. The molecule has 0 aliphatic heterocycles. The highest BCUT2D eigenvalue weighted by atomic mass is 32.2. The van der Waals surface area contributed by atoms with Gasteiger partial charge in [0.25, 0.3) is 5.91 Å². The molecule has 0 saturated carbocycles. The molecule has 0 atom stereocenters. The SMILES string of the molecule is CCCCSc1nnc(CNC(=O)c2ccccc2F)n1-c1ccccc1OC. The summed E-state index contributed by atoms with van der Waals surface area (Å²) in [5.41, 5.74) is 0.780. The lowest BCUT2D eigenvalue weighted by atomic mass is 10.2. The van der Waals surface area contributed by atoms with Gasteiger partial charge in [-0.3, -0.25) is 9.36 Å². The Labute approximate surface area is 173 Å². The normalized spacial score (nSPS) is 10.7. The van der Waals surface area contributed by atoms with E-state index in [9.17, 15) is 9.18 Å². The third-order valence-electron chi connectivity index (χ3n) is 4.28. The molecule has 29 heavy (non-hydrogen) atoms. The molecule has 1 heterocycles. The van der Waals surface area contributed by atoms with Crippen molar-refractivity contribution in [2.75, 3.05) is 12.9 Å². The monoisotopic (exact) mass is 414 g/mol. The number of carbonyl (C=O) groups is 1. The van der Waals surface area contributed by atoms with Gasteiger partial charge in [-0.15, -0.1) is 10.2 Å². The van der Waals surface area contributed by atoms with Gasteiger partial charge in [0.05, 0.1) is 24.9 Å². The zero-order chi connectivity index (χ0) is 20.6. The fourth-order valence-electron chi connectivity index (χ4n) is 2.77. The second-order valence-corrected chi connectivity index (χ2v) is 7.33. The van der Waals surface area contributed by atoms with E-state index in [4.69, 9.17) is 4.74 Å². The van der Waals surface area contributed by atoms with E-state index in [1.54, 1.807) is 31.0 Å². The molecule has 6 nitrogen and oxygen atoms in total. The van der Waals surface area contributed by atoms with Crippen molar-refractivity contribution in [3.05, 3.63) is 65.7 Å². The maximum absolute atomic E-state index is 13.9. The first-order valence-electron chi connectivity index (χ1n) is 9.39. The van der Waals surface area contributed by atoms with Crippen molar-refractivity contribution in [2.24, 2.45) is 0 Å². The molecule has 8 heteroatoms. The quantitative estimate of drug-likeness (QED) is 0.419. The summed E-state index contributed by atoms with van der Waals surface area (Å²) in [6, 6.07) is 13.4. The van der Waals surface area contributed by atoms with Crippen LogP contribution in [0, 0.1) is 5.82 Å². The van der Waals surface area contributed by atoms with Crippen LogP contribution in [0.3, 0.4) is 0 Å². The van der Waals surface area contributed by atoms with Crippen LogP contribution in [-0.2, 0) is 6.54 Å². The number of methoxy groups -OCH3 is 1. The maximum Gasteiger partial charge on any atom is 0.254 e. The minimum Gasteiger partial charge on any atom is -0.495 e. The number of rotatable bonds is 9. The number of aromatic nitrogens is 3. The van der Waals surface area contributed by atoms with E-state index in [-0.39, 0.29) is 12.1 Å². The van der Waals surface area contributed by atoms with Crippen LogP contribution in [-0.4, -0.2) is 33.5 Å². The lowest BCUT2D eigenvalue weighted by molar-refractivity contribution is 0.0945. The van der Waals surface area contributed by atoms with Crippen molar-refractivity contribution in [1.29, 1.82) is 0 Å². The summed E-state index contributed by atoms with van der Waals surface area (Å²) in [4.78, 5) is 12.4. The van der Waals surface area contributed by atoms with Gasteiger partial charge in [-0.1, -0.05) is 49.4 Å². The van der Waals surface area contributed by atoms with E-state index in [0.717, 1.165) is 29.4 Å². The topological polar surface area (TPSA) is 69.0 Å². The number of benzene rings is 2. The van der Waals surface area contributed by atoms with Crippen molar-refractivity contribution in [3.8, 4) is 11.4 Å². The number of carbonyl (C=O) groups excluding carboxylic acids is 1. The Bertz CT molecular complexity index is 977. The lowest BCUT2D eigenvalue weighted by Crippen LogP contribution is -2.25. The molecule has 0 aliphatic carbocycles. The average Bonchev–Trinajstić information content (AvgIpc) is 3.15. The zero-order valence-corrected chi connectivity index (χ0v) is 17.2. The molecule has 0 aliphatic rings. The van der Waals surface area contributed by atoms with Gasteiger partial charge >= 0.3 is 0 Å². The Kier molecular flexibility index (Phi) is 7.24. The number of nitrogens with zero attached hydrogens (tertiary/aromatic N) is 3. The predicted octanol–water partition coefficient (Wildman–Crippen LogP) is 4.24. The van der Waals surface area contributed by atoms with E-state index in [2.05, 4.69) is 22.4 Å². The number of hydrogen-bond donors (Lipinski definition) is 1. The van der Waals surface area contributed by atoms with E-state index in [0.29, 0.717) is 11.6 Å². The van der Waals surface area contributed by atoms with Crippen molar-refractivity contribution >= 4 is 17.7 Å². The van der Waals surface area contributed by atoms with Gasteiger partial charge < -0.3 is 10.1 Å². The predicted molar refractivity (Wildman–Crippen MR) is 111 cm³/mol. The van der Waals surface area contributed by atoms with Gasteiger partial charge in [0.2, 0.25) is 0 Å². The van der Waals surface area contributed by atoms with Crippen molar-refractivity contribution in [1.82, 2.24) is 20.1 Å². The van der Waals surface area contributed by atoms with E-state index in [1.807, 2.05) is 28.8 Å². The first-order valence-corrected chi connectivity index (χ1v) is 10.4. The molecule has 1 N–H and O–H groups in total. The van der Waals surface area contributed by atoms with Crippen molar-refractivity contribution < 1.29 is 13.9 Å². The summed E-state index contributed by atoms with van der Waals surface area (Å²) in [5.74, 6) is 1.06. The second kappa shape index (κ2) is 10.1. The molecular formula is C21H23FN4O2S. The van der Waals surface area contributed by atoms with E-state index >= 15 is 0 Å². The first kappa shape index (κ1) is 20.9. The van der Waals surface area contributed by atoms with Gasteiger partial charge in [0.15, 0.2) is 11.0 Å². The fraction of sp³-hybridized carbons (Fsp3) is 0.286. The fourth-order valence-corrected chi connectivity index (χ4v) is 3.82. The molecule has 1 aromatic heterocycles. The summed E-state index contributed by atoms with van der Waals surface area (Å²) < 4.78 is 21.2. The van der Waals surface area contributed by atoms with Gasteiger partial charge in [-0.2, -0.15) is 0 Å². The number of unbranched alkanes of at least 4 members (excludes halogenated alkanes) is 1. The van der Waals surface area contributed by atoms with Crippen molar-refractivity contribution in [2.45, 2.75) is 31.5 Å². The van der Waals surface area contributed by atoms with Gasteiger partial charge in [-0.25, -0.2) is 4.39 Å². The molecule has 0 fully saturated rings. The second-order valence-electron chi connectivity index (χ2n) is 6.27. The molecule has 3 aromatic rings. The molecule has 0 bridgehead atoms. The van der Waals surface area contributed by atoms with Crippen LogP contribution in [0.15, 0.2) is 53.7 Å². The summed E-state index contributed by atoms with van der Waals surface area (Å²) in [7, 11) is 1.60. The lowest BCUT2D eigenvalue weighted by Gasteiger charge is -2.14. The minimum atomic E-state index is -0.563. The van der Waals surface area contributed by atoms with Crippen LogP contribution < -0.4 is 10.1 Å². The molecule has 2 aromatic carbocycles. The number of para-hydroxylation sites is 2. The zero-order valence-electron chi connectivity index (χ0n) is 16.4. The molecular weight excluding hydrogens is 391 g/mol. The number of amides is 1. The first-order chi connectivity index (χ1) is 14.2. The Balaban J connectivity index is 1.88. The summed E-state index contributed by atoms with van der Waals surface area (Å²) >= 11 is 1.60. The van der Waals surface area contributed by atoms with Gasteiger partial charge in [0, 0.05) is 5.75 Å². The number of hydrogen-bond acceptors (Lipinski definition) is 5. The van der Waals surface area contributed by atoms with Crippen LogP contribution in [0.2, 0.25) is 0 Å². The summed E-state index contributed by atoms with van der Waals surface area (Å²) in [5, 5.41) is 12.0. The van der Waals surface area contributed by atoms with Crippen LogP contribution in [0.5, 0.6) is 5.75 Å². The molecule has 0 spiro atoms. The minimum absolute atomic E-state index is 0.00611. The Hall–Kier alpha value is -2.87. The molecule has 152 valence electrons. The third-order valence-corrected chi connectivity index (χ3v) is 5.30. The molecule has 0 saturated heterocycles.